The minimum Gasteiger partial charge on any atom is -0.396 e. The number of rotatable bonds is 7. The van der Waals surface area contributed by atoms with Gasteiger partial charge in [0.15, 0.2) is 0 Å². The van der Waals surface area contributed by atoms with Gasteiger partial charge in [-0.25, -0.2) is 0 Å². The van der Waals surface area contributed by atoms with Crippen LogP contribution >= 0.6 is 0 Å². The van der Waals surface area contributed by atoms with Crippen molar-refractivity contribution in [3.8, 4) is 0 Å². The summed E-state index contributed by atoms with van der Waals surface area (Å²) in [7, 11) is 0. The number of nitro groups is 2. The maximum Gasteiger partial charge on any atom is 0.269 e. The van der Waals surface area contributed by atoms with E-state index in [4.69, 9.17) is 5.11 Å². The molecule has 2 aromatic carbocycles. The zero-order valence-electron chi connectivity index (χ0n) is 12.7. The Kier molecular flexibility index (Phi) is 5.22. The summed E-state index contributed by atoms with van der Waals surface area (Å²) in [5.74, 6) is 0. The van der Waals surface area contributed by atoms with E-state index in [1.54, 1.807) is 0 Å². The molecule has 0 radical (unpaired) electrons. The zero-order valence-corrected chi connectivity index (χ0v) is 12.7. The monoisotopic (exact) mass is 332 g/mol. The highest BCUT2D eigenvalue weighted by atomic mass is 16.6. The maximum absolute atomic E-state index is 11.1. The van der Waals surface area contributed by atoms with E-state index >= 15 is 0 Å². The van der Waals surface area contributed by atoms with Gasteiger partial charge < -0.3 is 10.2 Å². The van der Waals surface area contributed by atoms with E-state index in [-0.39, 0.29) is 42.0 Å². The van der Waals surface area contributed by atoms with E-state index in [9.17, 15) is 25.3 Å². The normalized spacial score (nSPS) is 11.2. The van der Waals surface area contributed by atoms with Gasteiger partial charge in [-0.2, -0.15) is 0 Å². The molecule has 8 nitrogen and oxygen atoms in total. The summed E-state index contributed by atoms with van der Waals surface area (Å²) in [6.45, 7) is -0.188. The van der Waals surface area contributed by atoms with Crippen molar-refractivity contribution < 1.29 is 20.1 Å². The van der Waals surface area contributed by atoms with E-state index in [1.165, 1.54) is 48.5 Å². The summed E-state index contributed by atoms with van der Waals surface area (Å²) >= 11 is 0. The second kappa shape index (κ2) is 7.16. The maximum atomic E-state index is 11.1. The number of nitro benzene ring substituents is 2. The SMILES string of the molecule is O=[N+]([O-])c1cccc(C(O)(CCCO)c2cccc([N+](=O)[O-])c2)c1. The van der Waals surface area contributed by atoms with Crippen LogP contribution in [0.3, 0.4) is 0 Å². The van der Waals surface area contributed by atoms with Gasteiger partial charge in [-0.1, -0.05) is 24.3 Å². The Labute approximate surface area is 137 Å². The fourth-order valence-corrected chi connectivity index (χ4v) is 2.54. The van der Waals surface area contributed by atoms with Gasteiger partial charge in [0, 0.05) is 30.9 Å². The van der Waals surface area contributed by atoms with Crippen LogP contribution in [0.25, 0.3) is 0 Å². The first-order valence-electron chi connectivity index (χ1n) is 7.21. The number of aliphatic hydroxyl groups excluding tert-OH is 1. The first kappa shape index (κ1) is 17.5. The predicted molar refractivity (Wildman–Crippen MR) is 85.5 cm³/mol. The molecule has 0 bridgehead atoms. The fourth-order valence-electron chi connectivity index (χ4n) is 2.54. The molecule has 0 aromatic heterocycles. The molecule has 2 aromatic rings. The number of aliphatic hydroxyl groups is 2. The molecular formula is C16H16N2O6. The summed E-state index contributed by atoms with van der Waals surface area (Å²) < 4.78 is 0. The Morgan fingerprint density at radius 3 is 1.75 bits per heavy atom. The van der Waals surface area contributed by atoms with Crippen molar-refractivity contribution in [2.75, 3.05) is 6.61 Å². The average Bonchev–Trinajstić information content (AvgIpc) is 2.59. The summed E-state index contributed by atoms with van der Waals surface area (Å²) in [6, 6.07) is 11.0. The zero-order chi connectivity index (χ0) is 17.7. The van der Waals surface area contributed by atoms with Crippen LogP contribution in [0.2, 0.25) is 0 Å². The first-order chi connectivity index (χ1) is 11.4. The molecule has 24 heavy (non-hydrogen) atoms. The third-order valence-electron chi connectivity index (χ3n) is 3.77. The van der Waals surface area contributed by atoms with Gasteiger partial charge in [0.25, 0.3) is 11.4 Å². The molecule has 8 heteroatoms. The molecule has 0 amide bonds. The Morgan fingerprint density at radius 1 is 0.917 bits per heavy atom. The van der Waals surface area contributed by atoms with Crippen LogP contribution in [0.5, 0.6) is 0 Å². The molecule has 0 aliphatic rings. The molecule has 0 saturated carbocycles. The molecule has 0 spiro atoms. The van der Waals surface area contributed by atoms with Gasteiger partial charge >= 0.3 is 0 Å². The highest BCUT2D eigenvalue weighted by molar-refractivity contribution is 5.45. The second-order valence-corrected chi connectivity index (χ2v) is 5.30. The van der Waals surface area contributed by atoms with Crippen LogP contribution in [0, 0.1) is 20.2 Å². The molecule has 0 unspecified atom stereocenters. The molecule has 0 fully saturated rings. The molecule has 0 saturated heterocycles. The molecule has 0 heterocycles. The predicted octanol–water partition coefficient (Wildman–Crippen LogP) is 2.51. The average molecular weight is 332 g/mol. The van der Waals surface area contributed by atoms with Crippen LogP contribution < -0.4 is 0 Å². The molecule has 0 aliphatic heterocycles. The molecule has 0 aliphatic carbocycles. The van der Waals surface area contributed by atoms with Gasteiger partial charge in [0.05, 0.1) is 9.85 Å². The van der Waals surface area contributed by atoms with Crippen molar-refractivity contribution >= 4 is 11.4 Å². The first-order valence-corrected chi connectivity index (χ1v) is 7.21. The van der Waals surface area contributed by atoms with E-state index in [1.807, 2.05) is 0 Å². The Balaban J connectivity index is 2.57. The lowest BCUT2D eigenvalue weighted by atomic mass is 9.82. The van der Waals surface area contributed by atoms with Crippen LogP contribution in [-0.4, -0.2) is 26.7 Å². The number of hydrogen-bond donors (Lipinski definition) is 2. The smallest absolute Gasteiger partial charge is 0.269 e. The Morgan fingerprint density at radius 2 is 1.38 bits per heavy atom. The van der Waals surface area contributed by atoms with Crippen LogP contribution in [0.15, 0.2) is 48.5 Å². The Bertz CT molecular complexity index is 704. The van der Waals surface area contributed by atoms with E-state index in [0.29, 0.717) is 0 Å². The summed E-state index contributed by atoms with van der Waals surface area (Å²) in [4.78, 5) is 20.8. The van der Waals surface area contributed by atoms with Gasteiger partial charge in [0.2, 0.25) is 0 Å². The lowest BCUT2D eigenvalue weighted by Gasteiger charge is -2.29. The highest BCUT2D eigenvalue weighted by Crippen LogP contribution is 2.36. The van der Waals surface area contributed by atoms with Crippen molar-refractivity contribution in [2.24, 2.45) is 0 Å². The van der Waals surface area contributed by atoms with Gasteiger partial charge in [-0.15, -0.1) is 0 Å². The van der Waals surface area contributed by atoms with E-state index in [0.717, 1.165) is 0 Å². The van der Waals surface area contributed by atoms with Crippen molar-refractivity contribution in [2.45, 2.75) is 18.4 Å². The topological polar surface area (TPSA) is 127 Å². The molecule has 2 N–H and O–H groups in total. The van der Waals surface area contributed by atoms with Gasteiger partial charge in [-0.3, -0.25) is 20.2 Å². The minimum atomic E-state index is -1.68. The van der Waals surface area contributed by atoms with Crippen LogP contribution in [0.4, 0.5) is 11.4 Å². The highest BCUT2D eigenvalue weighted by Gasteiger charge is 2.33. The number of benzene rings is 2. The largest absolute Gasteiger partial charge is 0.396 e. The van der Waals surface area contributed by atoms with E-state index in [2.05, 4.69) is 0 Å². The van der Waals surface area contributed by atoms with Gasteiger partial charge in [-0.05, 0) is 24.0 Å². The fraction of sp³-hybridized carbons (Fsp3) is 0.250. The molecule has 126 valence electrons. The third kappa shape index (κ3) is 3.55. The van der Waals surface area contributed by atoms with Crippen LogP contribution in [0.1, 0.15) is 24.0 Å². The second-order valence-electron chi connectivity index (χ2n) is 5.30. The molecule has 0 atom stereocenters. The van der Waals surface area contributed by atoms with Crippen molar-refractivity contribution in [1.82, 2.24) is 0 Å². The quantitative estimate of drug-likeness (QED) is 0.592. The number of nitrogens with zero attached hydrogens (tertiary/aromatic N) is 2. The number of hydrogen-bond acceptors (Lipinski definition) is 6. The minimum absolute atomic E-state index is 0.0613. The molecule has 2 rings (SSSR count). The third-order valence-corrected chi connectivity index (χ3v) is 3.77. The van der Waals surface area contributed by atoms with Crippen LogP contribution in [-0.2, 0) is 5.60 Å². The summed E-state index contributed by atoms with van der Waals surface area (Å²) in [6.07, 6.45) is 0.285. The lowest BCUT2D eigenvalue weighted by Crippen LogP contribution is -2.28. The van der Waals surface area contributed by atoms with Gasteiger partial charge in [0.1, 0.15) is 5.60 Å². The number of non-ortho nitro benzene ring substituents is 2. The van der Waals surface area contributed by atoms with Crippen molar-refractivity contribution in [1.29, 1.82) is 0 Å². The van der Waals surface area contributed by atoms with Crippen molar-refractivity contribution in [3.05, 3.63) is 79.9 Å². The summed E-state index contributed by atoms with van der Waals surface area (Å²) in [5.41, 5.74) is -1.59. The Hall–Kier alpha value is -2.84. The van der Waals surface area contributed by atoms with Crippen molar-refractivity contribution in [3.63, 3.8) is 0 Å². The molecular weight excluding hydrogens is 316 g/mol. The summed E-state index contributed by atoms with van der Waals surface area (Å²) in [5, 5.41) is 42.2. The standard InChI is InChI=1S/C16H16N2O6/c19-9-3-8-16(20,12-4-1-6-14(10-12)17(21)22)13-5-2-7-15(11-13)18(23)24/h1-2,4-7,10-11,19-20H,3,8-9H2. The van der Waals surface area contributed by atoms with E-state index < -0.39 is 15.4 Å². The lowest BCUT2D eigenvalue weighted by molar-refractivity contribution is -0.385.